The second-order valence-corrected chi connectivity index (χ2v) is 2.51. The number of hydrogen-bond donors (Lipinski definition) is 8. The van der Waals surface area contributed by atoms with Crippen LogP contribution >= 0.6 is 0 Å². The maximum absolute atomic E-state index is 10.1. The molecular formula is C6H14O9. The van der Waals surface area contributed by atoms with Gasteiger partial charge >= 0.3 is 5.97 Å². The predicted molar refractivity (Wildman–Crippen MR) is 44.0 cm³/mol. The summed E-state index contributed by atoms with van der Waals surface area (Å²) < 4.78 is 0. The Bertz CT molecular complexity index is 172. The van der Waals surface area contributed by atoms with E-state index in [-0.39, 0.29) is 0 Å². The third-order valence-corrected chi connectivity index (χ3v) is 1.51. The molecule has 0 amide bonds. The number of aliphatic hydroxyl groups is 5. The Morgan fingerprint density at radius 3 is 1.67 bits per heavy atom. The number of carbonyl (C=O) groups is 1. The molecule has 8 N–H and O–H groups in total. The Balaban J connectivity index is 0. The zero-order chi connectivity index (χ0) is 12.6. The fraction of sp³-hybridized carbons (Fsp3) is 0.833. The van der Waals surface area contributed by atoms with Crippen molar-refractivity contribution in [1.82, 2.24) is 0 Å². The molecule has 0 rings (SSSR count). The molecule has 9 nitrogen and oxygen atoms in total. The molecule has 0 aliphatic heterocycles. The van der Waals surface area contributed by atoms with E-state index in [0.29, 0.717) is 0 Å². The average Bonchev–Trinajstić information content (AvgIpc) is 2.27. The molecule has 0 fully saturated rings. The number of aliphatic hydroxyl groups excluding tert-OH is 5. The molecule has 92 valence electrons. The first-order valence-electron chi connectivity index (χ1n) is 3.67. The molecule has 4 atom stereocenters. The van der Waals surface area contributed by atoms with Crippen molar-refractivity contribution in [3.63, 3.8) is 0 Å². The number of carboxylic acid groups (broad SMARTS) is 1. The molecule has 0 saturated carbocycles. The molecule has 9 heteroatoms. The van der Waals surface area contributed by atoms with Crippen LogP contribution in [-0.2, 0) is 4.79 Å². The lowest BCUT2D eigenvalue weighted by Crippen LogP contribution is -2.48. The van der Waals surface area contributed by atoms with Crippen LogP contribution in [0.2, 0.25) is 0 Å². The van der Waals surface area contributed by atoms with Crippen LogP contribution in [0.4, 0.5) is 0 Å². The van der Waals surface area contributed by atoms with Crippen molar-refractivity contribution >= 4 is 5.97 Å². The highest BCUT2D eigenvalue weighted by atomic mass is 17.0. The molecule has 0 radical (unpaired) electrons. The molecule has 0 aliphatic carbocycles. The summed E-state index contributed by atoms with van der Waals surface area (Å²) in [6, 6.07) is 0. The Kier molecular flexibility index (Phi) is 9.41. The Hall–Kier alpha value is -0.810. The van der Waals surface area contributed by atoms with E-state index in [1.165, 1.54) is 0 Å². The second kappa shape index (κ2) is 8.49. The first-order valence-corrected chi connectivity index (χ1v) is 3.67. The van der Waals surface area contributed by atoms with Gasteiger partial charge in [0.05, 0.1) is 6.61 Å². The summed E-state index contributed by atoms with van der Waals surface area (Å²) in [5, 5.41) is 63.8. The van der Waals surface area contributed by atoms with Gasteiger partial charge in [0.25, 0.3) is 0 Å². The van der Waals surface area contributed by atoms with Crippen molar-refractivity contribution in [3.05, 3.63) is 0 Å². The summed E-state index contributed by atoms with van der Waals surface area (Å²) in [6.07, 6.45) is -7.84. The van der Waals surface area contributed by atoms with Crippen molar-refractivity contribution in [2.24, 2.45) is 0 Å². The molecule has 4 unspecified atom stereocenters. The summed E-state index contributed by atoms with van der Waals surface area (Å²) in [7, 11) is 0. The van der Waals surface area contributed by atoms with Crippen molar-refractivity contribution in [2.75, 3.05) is 6.61 Å². The highest BCUT2D eigenvalue weighted by molar-refractivity contribution is 5.72. The van der Waals surface area contributed by atoms with Crippen molar-refractivity contribution in [3.8, 4) is 0 Å². The summed E-state index contributed by atoms with van der Waals surface area (Å²) in [6.45, 7) is -0.843. The van der Waals surface area contributed by atoms with Crippen LogP contribution in [0.15, 0.2) is 0 Å². The fourth-order valence-corrected chi connectivity index (χ4v) is 0.668. The van der Waals surface area contributed by atoms with Gasteiger partial charge < -0.3 is 30.6 Å². The van der Waals surface area contributed by atoms with Gasteiger partial charge in [0.2, 0.25) is 0 Å². The summed E-state index contributed by atoms with van der Waals surface area (Å²) >= 11 is 0. The van der Waals surface area contributed by atoms with Crippen LogP contribution in [0.1, 0.15) is 0 Å². The minimum Gasteiger partial charge on any atom is -0.479 e. The van der Waals surface area contributed by atoms with E-state index in [0.717, 1.165) is 0 Å². The molecule has 0 bridgehead atoms. The van der Waals surface area contributed by atoms with Crippen LogP contribution in [0, 0.1) is 0 Å². The predicted octanol–water partition coefficient (Wildman–Crippen LogP) is -3.48. The molecule has 0 aromatic carbocycles. The first-order chi connectivity index (χ1) is 6.91. The minimum atomic E-state index is -2.20. The van der Waals surface area contributed by atoms with E-state index in [9.17, 15) is 4.79 Å². The van der Waals surface area contributed by atoms with Crippen molar-refractivity contribution in [1.29, 1.82) is 0 Å². The van der Waals surface area contributed by atoms with Gasteiger partial charge in [-0.1, -0.05) is 0 Å². The molecule has 0 saturated heterocycles. The quantitative estimate of drug-likeness (QED) is 0.176. The Labute approximate surface area is 84.0 Å². The molecule has 0 aliphatic rings. The summed E-state index contributed by atoms with van der Waals surface area (Å²) in [5.41, 5.74) is 0. The highest BCUT2D eigenvalue weighted by Crippen LogP contribution is 2.04. The Morgan fingerprint density at radius 2 is 1.40 bits per heavy atom. The lowest BCUT2D eigenvalue weighted by Gasteiger charge is -2.23. The molecule has 0 aromatic heterocycles. The molecule has 0 heterocycles. The summed E-state index contributed by atoms with van der Waals surface area (Å²) in [4.78, 5) is 10.1. The standard InChI is InChI=1S/C6H12O7.H2O2/c7-1-2(8)3(9)4(10)5(11)6(12)13;1-2/h2-5,7-11H,1H2,(H,12,13);1-2H. The van der Waals surface area contributed by atoms with Crippen LogP contribution in [0.25, 0.3) is 0 Å². The maximum atomic E-state index is 10.1. The third-order valence-electron chi connectivity index (χ3n) is 1.51. The highest BCUT2D eigenvalue weighted by Gasteiger charge is 2.33. The summed E-state index contributed by atoms with van der Waals surface area (Å²) in [5.74, 6) is -1.73. The average molecular weight is 230 g/mol. The Morgan fingerprint density at radius 1 is 1.00 bits per heavy atom. The third kappa shape index (κ3) is 5.59. The minimum absolute atomic E-state index is 0.843. The lowest BCUT2D eigenvalue weighted by molar-refractivity contribution is -0.176. The number of rotatable bonds is 5. The number of hydrogen-bond acceptors (Lipinski definition) is 8. The number of aliphatic carboxylic acids is 1. The van der Waals surface area contributed by atoms with Gasteiger partial charge in [0.1, 0.15) is 18.3 Å². The lowest BCUT2D eigenvalue weighted by atomic mass is 10.0. The fourth-order valence-electron chi connectivity index (χ4n) is 0.668. The van der Waals surface area contributed by atoms with Crippen LogP contribution < -0.4 is 0 Å². The van der Waals surface area contributed by atoms with Crippen LogP contribution in [-0.4, -0.2) is 78.1 Å². The number of carboxylic acids is 1. The van der Waals surface area contributed by atoms with E-state index in [4.69, 9.17) is 41.2 Å². The van der Waals surface area contributed by atoms with Crippen LogP contribution in [0.3, 0.4) is 0 Å². The monoisotopic (exact) mass is 230 g/mol. The largest absolute Gasteiger partial charge is 0.479 e. The first kappa shape index (κ1) is 16.6. The van der Waals surface area contributed by atoms with E-state index in [1.54, 1.807) is 0 Å². The van der Waals surface area contributed by atoms with Crippen molar-refractivity contribution < 1.29 is 45.9 Å². The van der Waals surface area contributed by atoms with Gasteiger partial charge in [-0.15, -0.1) is 0 Å². The molecule has 15 heavy (non-hydrogen) atoms. The van der Waals surface area contributed by atoms with Crippen molar-refractivity contribution in [2.45, 2.75) is 24.4 Å². The topological polar surface area (TPSA) is 179 Å². The van der Waals surface area contributed by atoms with Gasteiger partial charge in [0.15, 0.2) is 6.10 Å². The van der Waals surface area contributed by atoms with E-state index in [1.807, 2.05) is 0 Å². The smallest absolute Gasteiger partial charge is 0.335 e. The van der Waals surface area contributed by atoms with Gasteiger partial charge in [-0.25, -0.2) is 4.79 Å². The normalized spacial score (nSPS) is 18.1. The van der Waals surface area contributed by atoms with E-state index < -0.39 is 37.0 Å². The SMILES string of the molecule is O=C(O)C(O)C(O)C(O)C(O)CO.OO. The molecule has 0 aromatic rings. The zero-order valence-corrected chi connectivity index (χ0v) is 7.50. The zero-order valence-electron chi connectivity index (χ0n) is 7.50. The van der Waals surface area contributed by atoms with E-state index >= 15 is 0 Å². The van der Waals surface area contributed by atoms with Gasteiger partial charge in [-0.3, -0.25) is 10.5 Å². The van der Waals surface area contributed by atoms with Gasteiger partial charge in [-0.2, -0.15) is 0 Å². The van der Waals surface area contributed by atoms with Gasteiger partial charge in [-0.05, 0) is 0 Å². The molecule has 0 spiro atoms. The second-order valence-electron chi connectivity index (χ2n) is 2.51. The van der Waals surface area contributed by atoms with E-state index in [2.05, 4.69) is 0 Å². The molecular weight excluding hydrogens is 216 g/mol. The van der Waals surface area contributed by atoms with Crippen LogP contribution in [0.5, 0.6) is 0 Å². The maximum Gasteiger partial charge on any atom is 0.335 e. The van der Waals surface area contributed by atoms with Gasteiger partial charge in [0, 0.05) is 0 Å².